The van der Waals surface area contributed by atoms with E-state index in [1.165, 1.54) is 33.9 Å². The van der Waals surface area contributed by atoms with Gasteiger partial charge in [0.25, 0.3) is 0 Å². The molecule has 254 valence electrons. The lowest BCUT2D eigenvalue weighted by atomic mass is 9.52. The normalized spacial score (nSPS) is 21.7. The topological polar surface area (TPSA) is 38.7 Å². The van der Waals surface area contributed by atoms with Crippen molar-refractivity contribution in [2.24, 2.45) is 5.41 Å². The number of aryl methyl sites for hydroxylation is 1. The molecule has 3 aliphatic rings. The summed E-state index contributed by atoms with van der Waals surface area (Å²) in [7, 11) is 2.20. The molecule has 0 N–H and O–H groups in total. The summed E-state index contributed by atoms with van der Waals surface area (Å²) in [6.07, 6.45) is 10.9. The van der Waals surface area contributed by atoms with Gasteiger partial charge in [0.2, 0.25) is 0 Å². The lowest BCUT2D eigenvalue weighted by Crippen LogP contribution is -2.63. The van der Waals surface area contributed by atoms with E-state index >= 15 is 0 Å². The van der Waals surface area contributed by atoms with E-state index in [9.17, 15) is 0 Å². The van der Waals surface area contributed by atoms with Crippen molar-refractivity contribution in [3.63, 3.8) is 0 Å². The predicted molar refractivity (Wildman–Crippen MR) is 209 cm³/mol. The molecule has 5 aromatic rings. The maximum absolute atomic E-state index is 5.31. The van der Waals surface area contributed by atoms with E-state index < -0.39 is 0 Å². The van der Waals surface area contributed by atoms with Gasteiger partial charge in [-0.2, -0.15) is 0 Å². The standard InChI is InChI=1S/C44H48N6/c1-7-33-30-45-40-41(46-33)49(34-21-12-11-13-22-34)42-43(8-2,9-3)44(10-4,35-23-15-17-25-37(35)50(40)42)29-28-32-20-14-16-24-36(32)48-31(5)47(6)38-26-18-19-27-39(38)48/h11-31,42H,7-10H2,1-6H3. The van der Waals surface area contributed by atoms with Crippen LogP contribution < -0.4 is 19.6 Å². The third-order valence-electron chi connectivity index (χ3n) is 12.2. The highest BCUT2D eigenvalue weighted by Gasteiger charge is 2.63. The van der Waals surface area contributed by atoms with Gasteiger partial charge in [-0.3, -0.25) is 0 Å². The van der Waals surface area contributed by atoms with Gasteiger partial charge < -0.3 is 19.6 Å². The van der Waals surface area contributed by atoms with Gasteiger partial charge in [0.15, 0.2) is 11.6 Å². The van der Waals surface area contributed by atoms with Gasteiger partial charge in [-0.05, 0) is 80.1 Å². The van der Waals surface area contributed by atoms with E-state index in [0.717, 1.165) is 48.7 Å². The van der Waals surface area contributed by atoms with Crippen molar-refractivity contribution in [3.8, 4) is 0 Å². The second-order valence-electron chi connectivity index (χ2n) is 14.0. The Morgan fingerprint density at radius 3 is 2.00 bits per heavy atom. The number of anilines is 7. The first-order valence-corrected chi connectivity index (χ1v) is 18.4. The Bertz CT molecular complexity index is 2050. The first-order valence-electron chi connectivity index (χ1n) is 18.4. The van der Waals surface area contributed by atoms with Crippen LogP contribution in [0.15, 0.2) is 115 Å². The minimum Gasteiger partial charge on any atom is -0.353 e. The maximum atomic E-state index is 5.31. The molecule has 8 rings (SSSR count). The molecule has 0 saturated heterocycles. The zero-order valence-electron chi connectivity index (χ0n) is 30.2. The molecule has 3 unspecified atom stereocenters. The predicted octanol–water partition coefficient (Wildman–Crippen LogP) is 10.8. The zero-order chi connectivity index (χ0) is 34.6. The SMILES string of the molecule is CCc1cnc2c(n1)N(c1ccccc1)C1N2c2ccccc2C(C=Cc2ccccc2N2c3ccccc3N(C)C2C)(CC)C1(CC)CC. The van der Waals surface area contributed by atoms with E-state index in [4.69, 9.17) is 9.97 Å². The van der Waals surface area contributed by atoms with Gasteiger partial charge in [-0.1, -0.05) is 107 Å². The number of allylic oxidation sites excluding steroid dienone is 1. The van der Waals surface area contributed by atoms with Crippen LogP contribution in [0.4, 0.5) is 40.1 Å². The van der Waals surface area contributed by atoms with E-state index in [2.05, 4.69) is 177 Å². The number of aromatic nitrogens is 2. The average molecular weight is 661 g/mol. The van der Waals surface area contributed by atoms with E-state index in [1.807, 2.05) is 6.20 Å². The summed E-state index contributed by atoms with van der Waals surface area (Å²) >= 11 is 0. The fraction of sp³-hybridized carbons (Fsp3) is 0.318. The fourth-order valence-corrected chi connectivity index (χ4v) is 9.52. The second kappa shape index (κ2) is 12.3. The molecule has 1 aromatic heterocycles. The molecule has 0 aliphatic carbocycles. The highest BCUT2D eigenvalue weighted by atomic mass is 15.5. The highest BCUT2D eigenvalue weighted by Crippen LogP contribution is 2.65. The van der Waals surface area contributed by atoms with Crippen molar-refractivity contribution in [3.05, 3.63) is 132 Å². The molecule has 6 nitrogen and oxygen atoms in total. The van der Waals surface area contributed by atoms with Crippen molar-refractivity contribution >= 4 is 46.1 Å². The van der Waals surface area contributed by atoms with Gasteiger partial charge >= 0.3 is 0 Å². The molecule has 4 aromatic carbocycles. The molecule has 0 bridgehead atoms. The Morgan fingerprint density at radius 1 is 0.660 bits per heavy atom. The number of para-hydroxylation sites is 5. The molecule has 0 saturated carbocycles. The number of hydrogen-bond acceptors (Lipinski definition) is 6. The summed E-state index contributed by atoms with van der Waals surface area (Å²) in [4.78, 5) is 20.4. The van der Waals surface area contributed by atoms with Crippen molar-refractivity contribution in [2.75, 3.05) is 26.6 Å². The van der Waals surface area contributed by atoms with Gasteiger partial charge in [-0.15, -0.1) is 0 Å². The first-order chi connectivity index (χ1) is 24.4. The van der Waals surface area contributed by atoms with Crippen LogP contribution in [0.5, 0.6) is 0 Å². The Morgan fingerprint density at radius 2 is 1.30 bits per heavy atom. The van der Waals surface area contributed by atoms with Crippen LogP contribution in [0.25, 0.3) is 6.08 Å². The van der Waals surface area contributed by atoms with Gasteiger partial charge in [0, 0.05) is 29.3 Å². The molecule has 4 heterocycles. The summed E-state index contributed by atoms with van der Waals surface area (Å²) in [6.45, 7) is 11.6. The molecule has 0 amide bonds. The molecular weight excluding hydrogens is 613 g/mol. The molecule has 3 aliphatic heterocycles. The molecule has 50 heavy (non-hydrogen) atoms. The number of hydrogen-bond donors (Lipinski definition) is 0. The van der Waals surface area contributed by atoms with E-state index in [-0.39, 0.29) is 23.2 Å². The molecule has 0 spiro atoms. The largest absolute Gasteiger partial charge is 0.353 e. The van der Waals surface area contributed by atoms with Gasteiger partial charge in [0.05, 0.1) is 29.0 Å². The number of fused-ring (bicyclic) bond motifs is 6. The van der Waals surface area contributed by atoms with Crippen molar-refractivity contribution < 1.29 is 0 Å². The minimum atomic E-state index is -0.282. The van der Waals surface area contributed by atoms with Crippen LogP contribution in [-0.2, 0) is 11.8 Å². The Kier molecular flexibility index (Phi) is 7.93. The van der Waals surface area contributed by atoms with Crippen LogP contribution in [0, 0.1) is 5.41 Å². The highest BCUT2D eigenvalue weighted by molar-refractivity contribution is 5.89. The fourth-order valence-electron chi connectivity index (χ4n) is 9.52. The Hall–Kier alpha value is -5.10. The van der Waals surface area contributed by atoms with Crippen molar-refractivity contribution in [1.29, 1.82) is 0 Å². The average Bonchev–Trinajstić information content (AvgIpc) is 3.65. The van der Waals surface area contributed by atoms with E-state index in [1.54, 1.807) is 0 Å². The third-order valence-corrected chi connectivity index (χ3v) is 12.2. The second-order valence-corrected chi connectivity index (χ2v) is 14.0. The molecule has 6 heteroatoms. The Labute approximate surface area is 297 Å². The smallest absolute Gasteiger partial charge is 0.178 e. The summed E-state index contributed by atoms with van der Waals surface area (Å²) < 4.78 is 0. The Balaban J connectivity index is 1.35. The number of rotatable bonds is 8. The monoisotopic (exact) mass is 660 g/mol. The van der Waals surface area contributed by atoms with Gasteiger partial charge in [-0.25, -0.2) is 9.97 Å². The van der Waals surface area contributed by atoms with Crippen molar-refractivity contribution in [2.45, 2.75) is 78.0 Å². The van der Waals surface area contributed by atoms with Crippen LogP contribution in [0.1, 0.15) is 70.7 Å². The quantitative estimate of drug-likeness (QED) is 0.165. The summed E-state index contributed by atoms with van der Waals surface area (Å²) in [6, 6.07) is 37.6. The maximum Gasteiger partial charge on any atom is 0.178 e. The lowest BCUT2D eigenvalue weighted by Gasteiger charge is -2.60. The number of nitrogens with zero attached hydrogens (tertiary/aromatic N) is 6. The lowest BCUT2D eigenvalue weighted by molar-refractivity contribution is 0.0909. The summed E-state index contributed by atoms with van der Waals surface area (Å²) in [5.74, 6) is 1.90. The summed E-state index contributed by atoms with van der Waals surface area (Å²) in [5, 5.41) is 0. The van der Waals surface area contributed by atoms with Crippen LogP contribution in [0.3, 0.4) is 0 Å². The third kappa shape index (κ3) is 4.40. The van der Waals surface area contributed by atoms with Crippen LogP contribution >= 0.6 is 0 Å². The molecular formula is C44H48N6. The van der Waals surface area contributed by atoms with Crippen LogP contribution in [0.2, 0.25) is 0 Å². The molecule has 3 atom stereocenters. The molecule has 0 fully saturated rings. The summed E-state index contributed by atoms with van der Waals surface area (Å²) in [5.41, 5.74) is 9.23. The van der Waals surface area contributed by atoms with Gasteiger partial charge in [0.1, 0.15) is 12.3 Å². The number of benzene rings is 4. The van der Waals surface area contributed by atoms with Crippen LogP contribution in [-0.4, -0.2) is 29.3 Å². The van der Waals surface area contributed by atoms with Crippen molar-refractivity contribution in [1.82, 2.24) is 9.97 Å². The van der Waals surface area contributed by atoms with E-state index in [0.29, 0.717) is 0 Å². The minimum absolute atomic E-state index is 0.0177. The molecule has 0 radical (unpaired) electrons. The first kappa shape index (κ1) is 32.1. The zero-order valence-corrected chi connectivity index (χ0v) is 30.2.